The molecule has 0 fully saturated rings. The van der Waals surface area contributed by atoms with Crippen molar-refractivity contribution < 1.29 is 22.4 Å². The van der Waals surface area contributed by atoms with Gasteiger partial charge < -0.3 is 9.47 Å². The highest BCUT2D eigenvalue weighted by Crippen LogP contribution is 2.38. The smallest absolute Gasteiger partial charge is 0.294 e. The summed E-state index contributed by atoms with van der Waals surface area (Å²) < 4.78 is 41.6. The number of hydrogen-bond acceptors (Lipinski definition) is 4. The molecular weight excluding hydrogens is 280 g/mol. The van der Waals surface area contributed by atoms with Gasteiger partial charge in [-0.3, -0.25) is 4.55 Å². The summed E-state index contributed by atoms with van der Waals surface area (Å²) in [6.45, 7) is 0. The molecule has 106 valence electrons. The first-order chi connectivity index (χ1) is 9.47. The minimum absolute atomic E-state index is 0.157. The summed E-state index contributed by atoms with van der Waals surface area (Å²) in [5.41, 5.74) is 1.45. The van der Waals surface area contributed by atoms with Crippen molar-refractivity contribution in [3.05, 3.63) is 42.5 Å². The van der Waals surface area contributed by atoms with Gasteiger partial charge in [0.05, 0.1) is 24.7 Å². The second-order valence-corrected chi connectivity index (χ2v) is 5.46. The number of methoxy groups -OCH3 is 2. The van der Waals surface area contributed by atoms with Crippen molar-refractivity contribution in [1.82, 2.24) is 0 Å². The van der Waals surface area contributed by atoms with Gasteiger partial charge in [-0.2, -0.15) is 8.42 Å². The standard InChI is InChI=1S/C14H14O5S/c1-18-12-4-3-5-13(19-2)14(12)10-6-8-11(9-7-10)20(15,16)17/h3-9H,1-2H3,(H,15,16,17). The Morgan fingerprint density at radius 2 is 1.40 bits per heavy atom. The van der Waals surface area contributed by atoms with Crippen molar-refractivity contribution in [2.75, 3.05) is 14.2 Å². The minimum Gasteiger partial charge on any atom is -0.496 e. The van der Waals surface area contributed by atoms with Crippen LogP contribution in [0.5, 0.6) is 11.5 Å². The zero-order chi connectivity index (χ0) is 14.8. The zero-order valence-electron chi connectivity index (χ0n) is 11.0. The summed E-state index contributed by atoms with van der Waals surface area (Å²) in [5.74, 6) is 1.23. The molecule has 0 heterocycles. The Balaban J connectivity index is 2.57. The van der Waals surface area contributed by atoms with Gasteiger partial charge in [0.1, 0.15) is 11.5 Å². The highest BCUT2D eigenvalue weighted by Gasteiger charge is 2.14. The third kappa shape index (κ3) is 2.76. The van der Waals surface area contributed by atoms with E-state index in [1.54, 1.807) is 44.6 Å². The van der Waals surface area contributed by atoms with E-state index in [-0.39, 0.29) is 4.90 Å². The molecule has 0 saturated heterocycles. The summed E-state index contributed by atoms with van der Waals surface area (Å²) in [7, 11) is -1.10. The van der Waals surface area contributed by atoms with E-state index in [9.17, 15) is 8.42 Å². The molecule has 1 N–H and O–H groups in total. The SMILES string of the molecule is COc1cccc(OC)c1-c1ccc(S(=O)(=O)O)cc1. The lowest BCUT2D eigenvalue weighted by Gasteiger charge is -2.13. The van der Waals surface area contributed by atoms with Gasteiger partial charge in [-0.25, -0.2) is 0 Å². The molecule has 0 aromatic heterocycles. The van der Waals surface area contributed by atoms with E-state index in [2.05, 4.69) is 0 Å². The van der Waals surface area contributed by atoms with Gasteiger partial charge in [0.2, 0.25) is 0 Å². The molecule has 20 heavy (non-hydrogen) atoms. The summed E-state index contributed by atoms with van der Waals surface area (Å²) in [4.78, 5) is -0.157. The van der Waals surface area contributed by atoms with Crippen molar-refractivity contribution in [3.63, 3.8) is 0 Å². The molecule has 2 rings (SSSR count). The summed E-state index contributed by atoms with van der Waals surface area (Å²) >= 11 is 0. The molecular formula is C14H14O5S. The molecule has 0 aliphatic rings. The molecule has 0 radical (unpaired) electrons. The van der Waals surface area contributed by atoms with Crippen LogP contribution in [-0.4, -0.2) is 27.2 Å². The largest absolute Gasteiger partial charge is 0.496 e. The van der Waals surface area contributed by atoms with Gasteiger partial charge in [0.15, 0.2) is 0 Å². The van der Waals surface area contributed by atoms with E-state index < -0.39 is 10.1 Å². The van der Waals surface area contributed by atoms with Gasteiger partial charge in [0, 0.05) is 0 Å². The quantitative estimate of drug-likeness (QED) is 0.877. The van der Waals surface area contributed by atoms with Crippen LogP contribution in [0.4, 0.5) is 0 Å². The third-order valence-electron chi connectivity index (χ3n) is 2.87. The first kappa shape index (κ1) is 14.4. The molecule has 2 aromatic rings. The lowest BCUT2D eigenvalue weighted by Crippen LogP contribution is -1.98. The summed E-state index contributed by atoms with van der Waals surface area (Å²) in [5, 5.41) is 0. The molecule has 0 aliphatic carbocycles. The molecule has 0 unspecified atom stereocenters. The molecule has 5 nitrogen and oxygen atoms in total. The van der Waals surface area contributed by atoms with Gasteiger partial charge in [-0.05, 0) is 29.8 Å². The van der Waals surface area contributed by atoms with Gasteiger partial charge in [-0.15, -0.1) is 0 Å². The van der Waals surface area contributed by atoms with E-state index in [0.717, 1.165) is 11.1 Å². The molecule has 0 spiro atoms. The molecule has 6 heteroatoms. The minimum atomic E-state index is -4.20. The first-order valence-electron chi connectivity index (χ1n) is 5.76. The average Bonchev–Trinajstić information content (AvgIpc) is 2.45. The predicted molar refractivity (Wildman–Crippen MR) is 74.8 cm³/mol. The van der Waals surface area contributed by atoms with E-state index >= 15 is 0 Å². The van der Waals surface area contributed by atoms with Crippen LogP contribution >= 0.6 is 0 Å². The summed E-state index contributed by atoms with van der Waals surface area (Å²) in [6.07, 6.45) is 0. The highest BCUT2D eigenvalue weighted by molar-refractivity contribution is 7.85. The average molecular weight is 294 g/mol. The Bertz CT molecular complexity index is 683. The van der Waals surface area contributed by atoms with Crippen molar-refractivity contribution >= 4 is 10.1 Å². The van der Waals surface area contributed by atoms with E-state index in [1.807, 2.05) is 0 Å². The Hall–Kier alpha value is -2.05. The van der Waals surface area contributed by atoms with E-state index in [0.29, 0.717) is 11.5 Å². The van der Waals surface area contributed by atoms with Crippen molar-refractivity contribution in [3.8, 4) is 22.6 Å². The summed E-state index contributed by atoms with van der Waals surface area (Å²) in [6, 6.07) is 11.2. The lowest BCUT2D eigenvalue weighted by molar-refractivity contribution is 0.397. The molecule has 0 bridgehead atoms. The van der Waals surface area contributed by atoms with Crippen LogP contribution < -0.4 is 9.47 Å². The fraction of sp³-hybridized carbons (Fsp3) is 0.143. The monoisotopic (exact) mass is 294 g/mol. The second-order valence-electron chi connectivity index (χ2n) is 4.04. The third-order valence-corrected chi connectivity index (χ3v) is 3.74. The van der Waals surface area contributed by atoms with E-state index in [1.165, 1.54) is 12.1 Å². The molecule has 2 aromatic carbocycles. The zero-order valence-corrected chi connectivity index (χ0v) is 11.8. The number of rotatable bonds is 4. The Kier molecular flexibility index (Phi) is 3.96. The molecule has 0 atom stereocenters. The maximum atomic E-state index is 11.0. The van der Waals surface area contributed by atoms with Gasteiger partial charge in [0.25, 0.3) is 10.1 Å². The Morgan fingerprint density at radius 3 is 1.80 bits per heavy atom. The van der Waals surface area contributed by atoms with Crippen LogP contribution in [-0.2, 0) is 10.1 Å². The van der Waals surface area contributed by atoms with Gasteiger partial charge in [-0.1, -0.05) is 18.2 Å². The molecule has 0 amide bonds. The Morgan fingerprint density at radius 1 is 0.900 bits per heavy atom. The fourth-order valence-corrected chi connectivity index (χ4v) is 2.41. The van der Waals surface area contributed by atoms with Crippen LogP contribution in [0.2, 0.25) is 0 Å². The second kappa shape index (κ2) is 5.52. The maximum Gasteiger partial charge on any atom is 0.294 e. The first-order valence-corrected chi connectivity index (χ1v) is 7.20. The lowest BCUT2D eigenvalue weighted by atomic mass is 10.0. The van der Waals surface area contributed by atoms with Gasteiger partial charge >= 0.3 is 0 Å². The van der Waals surface area contributed by atoms with E-state index in [4.69, 9.17) is 14.0 Å². The predicted octanol–water partition coefficient (Wildman–Crippen LogP) is 2.62. The highest BCUT2D eigenvalue weighted by atomic mass is 32.2. The number of ether oxygens (including phenoxy) is 2. The van der Waals surface area contributed by atoms with Crippen LogP contribution in [0.1, 0.15) is 0 Å². The topological polar surface area (TPSA) is 72.8 Å². The maximum absolute atomic E-state index is 11.0. The molecule has 0 aliphatic heterocycles. The van der Waals surface area contributed by atoms with Crippen molar-refractivity contribution in [2.24, 2.45) is 0 Å². The van der Waals surface area contributed by atoms with Crippen molar-refractivity contribution in [2.45, 2.75) is 4.90 Å². The molecule has 0 saturated carbocycles. The number of benzene rings is 2. The Labute approximate surface area is 117 Å². The van der Waals surface area contributed by atoms with Crippen LogP contribution in [0.15, 0.2) is 47.4 Å². The normalized spacial score (nSPS) is 11.2. The fourth-order valence-electron chi connectivity index (χ4n) is 1.93. The van der Waals surface area contributed by atoms with Crippen LogP contribution in [0.25, 0.3) is 11.1 Å². The van der Waals surface area contributed by atoms with Crippen molar-refractivity contribution in [1.29, 1.82) is 0 Å². The van der Waals surface area contributed by atoms with Crippen LogP contribution in [0.3, 0.4) is 0 Å². The number of hydrogen-bond donors (Lipinski definition) is 1. The van der Waals surface area contributed by atoms with Crippen LogP contribution in [0, 0.1) is 0 Å².